The molecule has 2 rings (SSSR count). The van der Waals surface area contributed by atoms with Gasteiger partial charge in [0.1, 0.15) is 18.0 Å². The number of nitrogens with zero attached hydrogens (tertiary/aromatic N) is 2. The minimum absolute atomic E-state index is 0.160. The van der Waals surface area contributed by atoms with Crippen LogP contribution in [0, 0.1) is 0 Å². The molecular formula is C9H14BN3O4. The van der Waals surface area contributed by atoms with Crippen LogP contribution in [-0.2, 0) is 4.74 Å². The van der Waals surface area contributed by atoms with E-state index in [0.29, 0.717) is 12.1 Å². The van der Waals surface area contributed by atoms with E-state index in [1.165, 1.54) is 6.20 Å². The van der Waals surface area contributed by atoms with Crippen LogP contribution < -0.4 is 11.5 Å². The zero-order chi connectivity index (χ0) is 12.6. The van der Waals surface area contributed by atoms with E-state index in [0.717, 1.165) is 0 Å². The fourth-order valence-corrected chi connectivity index (χ4v) is 1.95. The largest absolute Gasteiger partial charge is 0.394 e. The number of nitrogens with two attached hydrogens (primary N) is 1. The van der Waals surface area contributed by atoms with Gasteiger partial charge in [-0.05, 0) is 0 Å². The van der Waals surface area contributed by atoms with Crippen molar-refractivity contribution in [1.29, 1.82) is 0 Å². The number of hydrogen-bond donors (Lipinski definition) is 3. The first kappa shape index (κ1) is 12.1. The second-order valence-corrected chi connectivity index (χ2v) is 4.06. The standard InChI is InChI=1S/C9H14BN3O4/c10-9-12-4(8(11)16)2-13(9)7-1-5(15)6(3-14)17-7/h2,5-7,14-15H,1,3,10H2,(H2,11,16). The highest BCUT2D eigenvalue weighted by molar-refractivity contribution is 6.29. The molecule has 0 aliphatic carbocycles. The van der Waals surface area contributed by atoms with Crippen molar-refractivity contribution in [2.45, 2.75) is 24.9 Å². The number of aliphatic hydroxyl groups excluding tert-OH is 2. The molecule has 7 nitrogen and oxygen atoms in total. The summed E-state index contributed by atoms with van der Waals surface area (Å²) < 4.78 is 7.09. The van der Waals surface area contributed by atoms with Crippen molar-refractivity contribution in [3.8, 4) is 0 Å². The molecular weight excluding hydrogens is 225 g/mol. The van der Waals surface area contributed by atoms with Crippen molar-refractivity contribution in [3.63, 3.8) is 0 Å². The van der Waals surface area contributed by atoms with E-state index < -0.39 is 24.3 Å². The molecule has 1 aromatic heterocycles. The fourth-order valence-electron chi connectivity index (χ4n) is 1.95. The van der Waals surface area contributed by atoms with Gasteiger partial charge in [0.15, 0.2) is 7.85 Å². The number of aromatic nitrogens is 2. The molecule has 0 radical (unpaired) electrons. The van der Waals surface area contributed by atoms with Crippen LogP contribution in [0.4, 0.5) is 0 Å². The van der Waals surface area contributed by atoms with Crippen molar-refractivity contribution in [1.82, 2.24) is 9.55 Å². The van der Waals surface area contributed by atoms with Gasteiger partial charge < -0.3 is 25.3 Å². The van der Waals surface area contributed by atoms with Crippen LogP contribution in [0.5, 0.6) is 0 Å². The Labute approximate surface area is 98.6 Å². The number of carbonyl (C=O) groups is 1. The number of hydrogen-bond acceptors (Lipinski definition) is 5. The van der Waals surface area contributed by atoms with Crippen LogP contribution in [-0.4, -0.2) is 52.3 Å². The van der Waals surface area contributed by atoms with E-state index in [2.05, 4.69) is 4.98 Å². The second kappa shape index (κ2) is 4.48. The third-order valence-corrected chi connectivity index (χ3v) is 2.86. The quantitative estimate of drug-likeness (QED) is 0.483. The Morgan fingerprint density at radius 1 is 1.76 bits per heavy atom. The summed E-state index contributed by atoms with van der Waals surface area (Å²) in [6.07, 6.45) is 0.0977. The molecule has 1 saturated heterocycles. The monoisotopic (exact) mass is 239 g/mol. The van der Waals surface area contributed by atoms with Crippen molar-refractivity contribution >= 4 is 19.5 Å². The molecule has 0 spiro atoms. The highest BCUT2D eigenvalue weighted by Gasteiger charge is 2.35. The van der Waals surface area contributed by atoms with Crippen LogP contribution in [0.2, 0.25) is 0 Å². The maximum absolute atomic E-state index is 11.0. The Bertz CT molecular complexity index is 436. The van der Waals surface area contributed by atoms with Gasteiger partial charge in [-0.1, -0.05) is 0 Å². The summed E-state index contributed by atoms with van der Waals surface area (Å²) in [7, 11) is 1.72. The summed E-state index contributed by atoms with van der Waals surface area (Å²) in [5.41, 5.74) is 5.87. The predicted molar refractivity (Wildman–Crippen MR) is 60.5 cm³/mol. The predicted octanol–water partition coefficient (Wildman–Crippen LogP) is -3.12. The number of carbonyl (C=O) groups excluding carboxylic acids is 1. The number of ether oxygens (including phenoxy) is 1. The lowest BCUT2D eigenvalue weighted by atomic mass is 10.1. The van der Waals surface area contributed by atoms with Crippen LogP contribution in [0.1, 0.15) is 23.1 Å². The molecule has 1 aromatic rings. The summed E-state index contributed by atoms with van der Waals surface area (Å²) in [4.78, 5) is 15.0. The number of imidazole rings is 1. The average Bonchev–Trinajstić information content (AvgIpc) is 2.81. The van der Waals surface area contributed by atoms with Crippen LogP contribution in [0.3, 0.4) is 0 Å². The lowest BCUT2D eigenvalue weighted by molar-refractivity contribution is -0.0434. The summed E-state index contributed by atoms with van der Waals surface area (Å²) in [6.45, 7) is -0.242. The maximum atomic E-state index is 11.0. The van der Waals surface area contributed by atoms with Crippen LogP contribution in [0.25, 0.3) is 0 Å². The molecule has 2 heterocycles. The molecule has 0 saturated carbocycles. The molecule has 4 N–H and O–H groups in total. The highest BCUT2D eigenvalue weighted by Crippen LogP contribution is 2.27. The van der Waals surface area contributed by atoms with Gasteiger partial charge in [0.2, 0.25) is 0 Å². The highest BCUT2D eigenvalue weighted by atomic mass is 16.5. The van der Waals surface area contributed by atoms with E-state index in [1.54, 1.807) is 12.4 Å². The van der Waals surface area contributed by atoms with Crippen molar-refractivity contribution in [3.05, 3.63) is 11.9 Å². The number of rotatable bonds is 3. The third-order valence-electron chi connectivity index (χ3n) is 2.86. The molecule has 0 aromatic carbocycles. The molecule has 3 atom stereocenters. The average molecular weight is 239 g/mol. The molecule has 1 aliphatic rings. The van der Waals surface area contributed by atoms with E-state index >= 15 is 0 Å². The second-order valence-electron chi connectivity index (χ2n) is 4.06. The van der Waals surface area contributed by atoms with E-state index in [9.17, 15) is 9.90 Å². The Balaban J connectivity index is 2.21. The maximum Gasteiger partial charge on any atom is 0.268 e. The van der Waals surface area contributed by atoms with E-state index in [1.807, 2.05) is 0 Å². The Morgan fingerprint density at radius 3 is 2.94 bits per heavy atom. The lowest BCUT2D eigenvalue weighted by Crippen LogP contribution is -2.25. The zero-order valence-electron chi connectivity index (χ0n) is 9.41. The van der Waals surface area contributed by atoms with Crippen molar-refractivity contribution in [2.75, 3.05) is 6.61 Å². The number of primary amides is 1. The first-order chi connectivity index (χ1) is 8.02. The number of aliphatic hydroxyl groups is 2. The van der Waals surface area contributed by atoms with Gasteiger partial charge in [-0.3, -0.25) is 4.79 Å². The normalized spacial score (nSPS) is 28.5. The van der Waals surface area contributed by atoms with Crippen molar-refractivity contribution < 1.29 is 19.7 Å². The molecule has 92 valence electrons. The Kier molecular flexibility index (Phi) is 3.18. The summed E-state index contributed by atoms with van der Waals surface area (Å²) >= 11 is 0. The summed E-state index contributed by atoms with van der Waals surface area (Å²) in [6, 6.07) is 0. The van der Waals surface area contributed by atoms with Gasteiger partial charge in [0.05, 0.1) is 18.4 Å². The van der Waals surface area contributed by atoms with E-state index in [-0.39, 0.29) is 12.3 Å². The van der Waals surface area contributed by atoms with Gasteiger partial charge in [0.25, 0.3) is 5.91 Å². The molecule has 1 amide bonds. The van der Waals surface area contributed by atoms with Gasteiger partial charge in [-0.25, -0.2) is 4.98 Å². The SMILES string of the molecule is Bc1nc(C(N)=O)cn1C1CC(O)C(CO)O1. The van der Waals surface area contributed by atoms with E-state index in [4.69, 9.17) is 15.6 Å². The minimum atomic E-state index is -0.719. The first-order valence-electron chi connectivity index (χ1n) is 5.32. The molecule has 3 unspecified atom stereocenters. The van der Waals surface area contributed by atoms with Gasteiger partial charge in [-0.2, -0.15) is 0 Å². The molecule has 17 heavy (non-hydrogen) atoms. The van der Waals surface area contributed by atoms with Gasteiger partial charge >= 0.3 is 0 Å². The molecule has 8 heteroatoms. The zero-order valence-corrected chi connectivity index (χ0v) is 9.41. The molecule has 1 aliphatic heterocycles. The Hall–Kier alpha value is -1.38. The fraction of sp³-hybridized carbons (Fsp3) is 0.556. The minimum Gasteiger partial charge on any atom is -0.394 e. The van der Waals surface area contributed by atoms with Crippen LogP contribution >= 0.6 is 0 Å². The first-order valence-corrected chi connectivity index (χ1v) is 5.32. The van der Waals surface area contributed by atoms with Gasteiger partial charge in [0, 0.05) is 12.6 Å². The molecule has 0 bridgehead atoms. The number of amides is 1. The third kappa shape index (κ3) is 2.19. The van der Waals surface area contributed by atoms with Crippen molar-refractivity contribution in [2.24, 2.45) is 5.73 Å². The summed E-state index contributed by atoms with van der Waals surface area (Å²) in [5, 5.41) is 18.6. The Morgan fingerprint density at radius 2 is 2.47 bits per heavy atom. The smallest absolute Gasteiger partial charge is 0.268 e. The topological polar surface area (TPSA) is 111 Å². The van der Waals surface area contributed by atoms with Gasteiger partial charge in [-0.15, -0.1) is 0 Å². The van der Waals surface area contributed by atoms with Crippen LogP contribution in [0.15, 0.2) is 6.20 Å². The summed E-state index contributed by atoms with van der Waals surface area (Å²) in [5.74, 6) is -0.607. The lowest BCUT2D eigenvalue weighted by Gasteiger charge is -2.14. The molecule has 1 fully saturated rings.